The van der Waals surface area contributed by atoms with Gasteiger partial charge < -0.3 is 15.4 Å². The number of nitrogens with zero attached hydrogens (tertiary/aromatic N) is 2. The lowest BCUT2D eigenvalue weighted by Gasteiger charge is -2.07. The van der Waals surface area contributed by atoms with Gasteiger partial charge >= 0.3 is 0 Å². The average molecular weight is 335 g/mol. The molecule has 23 heavy (non-hydrogen) atoms. The first-order chi connectivity index (χ1) is 11.2. The third-order valence-corrected chi connectivity index (χ3v) is 3.34. The summed E-state index contributed by atoms with van der Waals surface area (Å²) in [6.45, 7) is 1.57. The molecule has 0 unspecified atom stereocenters. The van der Waals surface area contributed by atoms with Crippen LogP contribution in [-0.4, -0.2) is 42.7 Å². The molecule has 2 N–H and O–H groups in total. The standard InChI is InChI=1S/C16H19ClN4O2/c1-23-11-10-18-15(22)14-7-9-20-16(21-14)19-8-6-12-2-4-13(17)5-3-12/h2-5,7,9H,6,8,10-11H2,1H3,(H,18,22)(H,19,20,21). The van der Waals surface area contributed by atoms with E-state index in [9.17, 15) is 4.79 Å². The van der Waals surface area contributed by atoms with Gasteiger partial charge in [-0.05, 0) is 30.2 Å². The van der Waals surface area contributed by atoms with E-state index in [0.29, 0.717) is 31.3 Å². The topological polar surface area (TPSA) is 76.1 Å². The predicted octanol–water partition coefficient (Wildman–Crippen LogP) is 2.16. The number of hydrogen-bond donors (Lipinski definition) is 2. The molecule has 122 valence electrons. The maximum Gasteiger partial charge on any atom is 0.270 e. The molecule has 0 saturated carbocycles. The Morgan fingerprint density at radius 2 is 2.00 bits per heavy atom. The highest BCUT2D eigenvalue weighted by Crippen LogP contribution is 2.10. The molecular formula is C16H19ClN4O2. The zero-order valence-corrected chi connectivity index (χ0v) is 13.6. The van der Waals surface area contributed by atoms with Crippen molar-refractivity contribution in [3.8, 4) is 0 Å². The van der Waals surface area contributed by atoms with E-state index in [-0.39, 0.29) is 5.91 Å². The van der Waals surface area contributed by atoms with E-state index in [0.717, 1.165) is 17.0 Å². The maximum atomic E-state index is 11.9. The molecule has 0 spiro atoms. The van der Waals surface area contributed by atoms with Crippen LogP contribution in [0.1, 0.15) is 16.1 Å². The number of anilines is 1. The molecule has 0 radical (unpaired) electrons. The Morgan fingerprint density at radius 1 is 1.22 bits per heavy atom. The molecular weight excluding hydrogens is 316 g/mol. The summed E-state index contributed by atoms with van der Waals surface area (Å²) in [7, 11) is 1.58. The van der Waals surface area contributed by atoms with Gasteiger partial charge in [0.2, 0.25) is 5.95 Å². The van der Waals surface area contributed by atoms with Crippen molar-refractivity contribution < 1.29 is 9.53 Å². The Bertz CT molecular complexity index is 634. The van der Waals surface area contributed by atoms with E-state index < -0.39 is 0 Å². The highest BCUT2D eigenvalue weighted by molar-refractivity contribution is 6.30. The van der Waals surface area contributed by atoms with Crippen LogP contribution in [0, 0.1) is 0 Å². The van der Waals surface area contributed by atoms with Crippen LogP contribution >= 0.6 is 11.6 Å². The van der Waals surface area contributed by atoms with Crippen molar-refractivity contribution in [2.75, 3.05) is 32.1 Å². The molecule has 7 heteroatoms. The fourth-order valence-electron chi connectivity index (χ4n) is 1.90. The summed E-state index contributed by atoms with van der Waals surface area (Å²) in [5, 5.41) is 6.55. The summed E-state index contributed by atoms with van der Waals surface area (Å²) in [5.41, 5.74) is 1.49. The van der Waals surface area contributed by atoms with Crippen molar-refractivity contribution in [1.82, 2.24) is 15.3 Å². The summed E-state index contributed by atoms with van der Waals surface area (Å²) in [6.07, 6.45) is 2.37. The second kappa shape index (κ2) is 9.07. The SMILES string of the molecule is COCCNC(=O)c1ccnc(NCCc2ccc(Cl)cc2)n1. The van der Waals surface area contributed by atoms with Gasteiger partial charge in [0, 0.05) is 31.4 Å². The van der Waals surface area contributed by atoms with E-state index in [1.165, 1.54) is 0 Å². The smallest absolute Gasteiger partial charge is 0.270 e. The zero-order chi connectivity index (χ0) is 16.5. The maximum absolute atomic E-state index is 11.9. The van der Waals surface area contributed by atoms with Crippen molar-refractivity contribution in [1.29, 1.82) is 0 Å². The van der Waals surface area contributed by atoms with E-state index in [1.807, 2.05) is 24.3 Å². The van der Waals surface area contributed by atoms with Gasteiger partial charge in [0.1, 0.15) is 5.69 Å². The average Bonchev–Trinajstić information content (AvgIpc) is 2.57. The summed E-state index contributed by atoms with van der Waals surface area (Å²) in [6, 6.07) is 9.25. The van der Waals surface area contributed by atoms with Crippen LogP contribution in [0.3, 0.4) is 0 Å². The van der Waals surface area contributed by atoms with Gasteiger partial charge in [0.15, 0.2) is 0 Å². The normalized spacial score (nSPS) is 10.3. The molecule has 1 aromatic carbocycles. The molecule has 0 bridgehead atoms. The lowest BCUT2D eigenvalue weighted by atomic mass is 10.1. The molecule has 0 saturated heterocycles. The second-order valence-electron chi connectivity index (χ2n) is 4.82. The third kappa shape index (κ3) is 5.84. The van der Waals surface area contributed by atoms with Gasteiger partial charge in [-0.3, -0.25) is 4.79 Å². The molecule has 0 fully saturated rings. The Hall–Kier alpha value is -2.18. The molecule has 2 aromatic rings. The Kier molecular flexibility index (Phi) is 6.77. The highest BCUT2D eigenvalue weighted by Gasteiger charge is 2.07. The van der Waals surface area contributed by atoms with Crippen molar-refractivity contribution >= 4 is 23.5 Å². The fourth-order valence-corrected chi connectivity index (χ4v) is 2.02. The monoisotopic (exact) mass is 334 g/mol. The minimum absolute atomic E-state index is 0.245. The Labute approximate surface area is 140 Å². The third-order valence-electron chi connectivity index (χ3n) is 3.09. The second-order valence-corrected chi connectivity index (χ2v) is 5.25. The van der Waals surface area contributed by atoms with E-state index in [4.69, 9.17) is 16.3 Å². The number of carbonyl (C=O) groups is 1. The number of carbonyl (C=O) groups excluding carboxylic acids is 1. The van der Waals surface area contributed by atoms with E-state index in [1.54, 1.807) is 19.4 Å². The quantitative estimate of drug-likeness (QED) is 0.723. The lowest BCUT2D eigenvalue weighted by molar-refractivity contribution is 0.0932. The number of methoxy groups -OCH3 is 1. The van der Waals surface area contributed by atoms with Crippen LogP contribution in [-0.2, 0) is 11.2 Å². The molecule has 1 amide bonds. The molecule has 1 aromatic heterocycles. The first-order valence-electron chi connectivity index (χ1n) is 7.27. The Balaban J connectivity index is 1.84. The van der Waals surface area contributed by atoms with E-state index >= 15 is 0 Å². The lowest BCUT2D eigenvalue weighted by Crippen LogP contribution is -2.28. The van der Waals surface area contributed by atoms with Crippen LogP contribution in [0.5, 0.6) is 0 Å². The molecule has 0 atom stereocenters. The molecule has 0 aliphatic carbocycles. The van der Waals surface area contributed by atoms with Crippen LogP contribution in [0.25, 0.3) is 0 Å². The van der Waals surface area contributed by atoms with Crippen LogP contribution in [0.15, 0.2) is 36.5 Å². The number of amides is 1. The largest absolute Gasteiger partial charge is 0.383 e. The number of nitrogens with one attached hydrogen (secondary N) is 2. The highest BCUT2D eigenvalue weighted by atomic mass is 35.5. The van der Waals surface area contributed by atoms with Crippen LogP contribution < -0.4 is 10.6 Å². The number of halogens is 1. The predicted molar refractivity (Wildman–Crippen MR) is 89.9 cm³/mol. The molecule has 2 rings (SSSR count). The number of benzene rings is 1. The van der Waals surface area contributed by atoms with Gasteiger partial charge in [-0.1, -0.05) is 23.7 Å². The molecule has 0 aliphatic rings. The first-order valence-corrected chi connectivity index (χ1v) is 7.65. The van der Waals surface area contributed by atoms with Crippen LogP contribution in [0.4, 0.5) is 5.95 Å². The van der Waals surface area contributed by atoms with Gasteiger partial charge in [-0.25, -0.2) is 9.97 Å². The number of ether oxygens (including phenoxy) is 1. The summed E-state index contributed by atoms with van der Waals surface area (Å²) in [4.78, 5) is 20.2. The summed E-state index contributed by atoms with van der Waals surface area (Å²) >= 11 is 5.85. The molecule has 0 aliphatic heterocycles. The zero-order valence-electron chi connectivity index (χ0n) is 12.9. The first kappa shape index (κ1) is 17.2. The van der Waals surface area contributed by atoms with Gasteiger partial charge in [-0.2, -0.15) is 0 Å². The van der Waals surface area contributed by atoms with Gasteiger partial charge in [0.25, 0.3) is 5.91 Å². The molecule has 6 nitrogen and oxygen atoms in total. The Morgan fingerprint density at radius 3 is 2.74 bits per heavy atom. The van der Waals surface area contributed by atoms with Crippen molar-refractivity contribution in [3.63, 3.8) is 0 Å². The van der Waals surface area contributed by atoms with Gasteiger partial charge in [-0.15, -0.1) is 0 Å². The van der Waals surface area contributed by atoms with Crippen molar-refractivity contribution in [3.05, 3.63) is 52.8 Å². The molecule has 1 heterocycles. The minimum atomic E-state index is -0.245. The number of aromatic nitrogens is 2. The minimum Gasteiger partial charge on any atom is -0.383 e. The van der Waals surface area contributed by atoms with E-state index in [2.05, 4.69) is 20.6 Å². The summed E-state index contributed by atoms with van der Waals surface area (Å²) < 4.78 is 4.89. The van der Waals surface area contributed by atoms with Gasteiger partial charge in [0.05, 0.1) is 6.61 Å². The van der Waals surface area contributed by atoms with Crippen molar-refractivity contribution in [2.24, 2.45) is 0 Å². The van der Waals surface area contributed by atoms with Crippen molar-refractivity contribution in [2.45, 2.75) is 6.42 Å². The number of hydrogen-bond acceptors (Lipinski definition) is 5. The number of rotatable bonds is 8. The summed E-state index contributed by atoms with van der Waals surface area (Å²) in [5.74, 6) is 0.184. The fraction of sp³-hybridized carbons (Fsp3) is 0.312. The van der Waals surface area contributed by atoms with Crippen LogP contribution in [0.2, 0.25) is 5.02 Å².